The Kier molecular flexibility index (Phi) is 33.0. The number of benzene rings is 2. The number of hydrogen-bond donors (Lipinski definition) is 0. The van der Waals surface area contributed by atoms with E-state index in [1.54, 1.807) is 4.70 Å². The molecular weight excluding hydrogens is 759 g/mol. The van der Waals surface area contributed by atoms with Crippen LogP contribution in [0.5, 0.6) is 0 Å². The van der Waals surface area contributed by atoms with Gasteiger partial charge in [-0.3, -0.25) is 0 Å². The molecule has 0 aromatic heterocycles. The monoisotopic (exact) mass is 853 g/mol. The molecule has 1 aliphatic rings. The fourth-order valence-electron chi connectivity index (χ4n) is 8.27. The van der Waals surface area contributed by atoms with Crippen LogP contribution >= 0.6 is 0 Å². The molecule has 1 aliphatic heterocycles. The van der Waals surface area contributed by atoms with Crippen LogP contribution in [0.4, 0.5) is 0 Å². The van der Waals surface area contributed by atoms with Crippen LogP contribution in [0, 0.1) is 0 Å². The number of nitrogens with zero attached hydrogens (tertiary/aromatic N) is 2. The number of rotatable bonds is 36. The molecule has 59 heavy (non-hydrogen) atoms. The van der Waals surface area contributed by atoms with Gasteiger partial charge >= 0.3 is 64.8 Å². The molecule has 0 spiro atoms. The Hall–Kier alpha value is -1.99. The maximum absolute atomic E-state index is 12.1. The molecule has 1 heterocycles. The van der Waals surface area contributed by atoms with E-state index in [4.69, 9.17) is 0 Å². The van der Waals surface area contributed by atoms with Gasteiger partial charge in [0.05, 0.1) is 0 Å². The van der Waals surface area contributed by atoms with E-state index in [-0.39, 0.29) is 0 Å². The summed E-state index contributed by atoms with van der Waals surface area (Å²) in [5, 5.41) is 2.78. The molecule has 2 aromatic carbocycles. The minimum absolute atomic E-state index is 1.03. The summed E-state index contributed by atoms with van der Waals surface area (Å²) in [5.74, 6) is 0. The Bertz CT molecular complexity index is 1360. The zero-order valence-electron chi connectivity index (χ0n) is 39.9. The van der Waals surface area contributed by atoms with Gasteiger partial charge in [0.2, 0.25) is 11.4 Å². The molecule has 3 heteroatoms. The van der Waals surface area contributed by atoms with Crippen LogP contribution in [-0.2, 0) is 27.3 Å². The van der Waals surface area contributed by atoms with Crippen molar-refractivity contribution in [2.45, 2.75) is 258 Å². The Morgan fingerprint density at radius 2 is 0.627 bits per heavy atom. The molecule has 0 fully saturated rings. The van der Waals surface area contributed by atoms with Crippen LogP contribution in [0.1, 0.15) is 256 Å². The van der Waals surface area contributed by atoms with E-state index in [2.05, 4.69) is 90.1 Å². The average molecular weight is 854 g/mol. The summed E-state index contributed by atoms with van der Waals surface area (Å²) < 4.78 is 1.59. The van der Waals surface area contributed by atoms with Crippen LogP contribution in [0.2, 0.25) is 10.8 Å². The van der Waals surface area contributed by atoms with Gasteiger partial charge in [-0.15, -0.1) is 0 Å². The van der Waals surface area contributed by atoms with Gasteiger partial charge in [0.1, 0.15) is 0 Å². The van der Waals surface area contributed by atoms with Crippen molar-refractivity contribution in [3.8, 4) is 0 Å². The average Bonchev–Trinajstić information content (AvgIpc) is 3.53. The Morgan fingerprint density at radius 3 is 1.00 bits per heavy atom. The number of unbranched alkanes of at least 4 members (excludes halogenated alkanes) is 22. The van der Waals surface area contributed by atoms with Crippen molar-refractivity contribution in [1.29, 1.82) is 0 Å². The Labute approximate surface area is 374 Å². The third-order valence-electron chi connectivity index (χ3n) is 12.2. The first-order chi connectivity index (χ1) is 29.1. The van der Waals surface area contributed by atoms with E-state index in [0.29, 0.717) is 0 Å². The zero-order valence-corrected chi connectivity index (χ0v) is 40.9. The molecule has 2 nitrogen and oxygen atoms in total. The second-order valence-corrected chi connectivity index (χ2v) is 19.1. The second kappa shape index (κ2) is 36.6. The minimum atomic E-state index is 1.03. The topological polar surface area (TPSA) is 25.3 Å². The van der Waals surface area contributed by atoms with Gasteiger partial charge in [-0.2, -0.15) is 0 Å². The third kappa shape index (κ3) is 23.2. The molecule has 338 valence electrons. The molecule has 0 N–H and O–H groups in total. The van der Waals surface area contributed by atoms with Gasteiger partial charge in [-0.05, 0) is 86.8 Å². The number of allylic oxidation sites excluding steroid dienone is 2. The first-order valence-corrected chi connectivity index (χ1v) is 27.0. The zero-order chi connectivity index (χ0) is 42.6. The summed E-state index contributed by atoms with van der Waals surface area (Å²) >= 11 is 1.94. The van der Waals surface area contributed by atoms with Crippen molar-refractivity contribution in [1.82, 2.24) is 0 Å². The van der Waals surface area contributed by atoms with Gasteiger partial charge in [0.15, 0.2) is 0 Å². The van der Waals surface area contributed by atoms with Crippen molar-refractivity contribution in [2.24, 2.45) is 0 Å². The van der Waals surface area contributed by atoms with Crippen molar-refractivity contribution in [3.63, 3.8) is 0 Å². The molecule has 0 saturated heterocycles. The molecule has 0 amide bonds. The summed E-state index contributed by atoms with van der Waals surface area (Å²) in [7, 11) is 0. The summed E-state index contributed by atoms with van der Waals surface area (Å²) in [6.07, 6.45) is 41.7. The molecule has 0 atom stereocenters. The first kappa shape index (κ1) is 53.2. The van der Waals surface area contributed by atoms with Crippen LogP contribution in [0.3, 0.4) is 0 Å². The van der Waals surface area contributed by atoms with Crippen molar-refractivity contribution in [3.05, 3.63) is 87.5 Å². The van der Waals surface area contributed by atoms with Crippen molar-refractivity contribution >= 4 is 11.4 Å². The van der Waals surface area contributed by atoms with E-state index < -0.39 is 0 Å². The molecule has 0 saturated carbocycles. The molecule has 0 radical (unpaired) electrons. The van der Waals surface area contributed by atoms with Gasteiger partial charge in [-0.1, -0.05) is 180 Å². The summed E-state index contributed by atoms with van der Waals surface area (Å²) in [6.45, 7) is 13.6. The molecule has 0 unspecified atom stereocenters. The fraction of sp³-hybridized carbons (Fsp3) is 0.714. The van der Waals surface area contributed by atoms with Crippen LogP contribution in [-0.4, -0.2) is 4.70 Å². The van der Waals surface area contributed by atoms with Crippen LogP contribution < -0.4 is 0 Å². The second-order valence-electron chi connectivity index (χ2n) is 17.6. The number of hydrogen-bond acceptors (Lipinski definition) is 0. The predicted molar refractivity (Wildman–Crippen MR) is 260 cm³/mol. The summed E-state index contributed by atoms with van der Waals surface area (Å²) in [6, 6.07) is 18.3. The standard InChI is InChI=1S/C48H76N2.2C4H9.Ni/c1-5-9-13-15-17-18-19-20-21-22-23-25-28-32-46-45(31-26-11-7-3)47(43-37-33-41(34-38-43)29-12-8-4)50(49)48(46)44-39-35-42(36-40-44)30-27-24-16-14-10-6-2;2*1-3-4-2;/h33-40H,5-32H2,1-4H3;2*1,3-4H2,2H3;. The van der Waals surface area contributed by atoms with E-state index in [9.17, 15) is 5.53 Å². The normalized spacial score (nSPS) is 12.9. The van der Waals surface area contributed by atoms with Crippen molar-refractivity contribution in [2.75, 3.05) is 0 Å². The van der Waals surface area contributed by atoms with Crippen molar-refractivity contribution < 1.29 is 19.1 Å². The van der Waals surface area contributed by atoms with Crippen LogP contribution in [0.25, 0.3) is 16.9 Å². The summed E-state index contributed by atoms with van der Waals surface area (Å²) in [5.41, 5.74) is 22.1. The first-order valence-electron chi connectivity index (χ1n) is 25.6. The van der Waals surface area contributed by atoms with Gasteiger partial charge < -0.3 is 5.53 Å². The molecule has 0 bridgehead atoms. The number of aryl methyl sites for hydroxylation is 2. The van der Waals surface area contributed by atoms with Gasteiger partial charge in [0.25, 0.3) is 0 Å². The Morgan fingerprint density at radius 1 is 0.339 bits per heavy atom. The van der Waals surface area contributed by atoms with Crippen LogP contribution in [0.15, 0.2) is 59.7 Å². The Balaban J connectivity index is 0.00000119. The van der Waals surface area contributed by atoms with E-state index in [1.165, 1.54) is 213 Å². The molecule has 2 aromatic rings. The fourth-order valence-corrected chi connectivity index (χ4v) is 9.71. The maximum atomic E-state index is 12.1. The SMILES string of the molecule is CCCCCCCCCCCCCCCC1=C(c2ccc(CCCCCCCC)cc2)[N+](=[N-])C(c2ccc(CCCC)cc2)=C1CCCCC.CCC[CH2][Ni][CH2]CCC. The van der Waals surface area contributed by atoms with E-state index in [1.807, 2.05) is 14.4 Å². The van der Waals surface area contributed by atoms with Gasteiger partial charge in [0, 0.05) is 22.3 Å². The third-order valence-corrected chi connectivity index (χ3v) is 13.6. The van der Waals surface area contributed by atoms with Gasteiger partial charge in [-0.25, -0.2) is 4.70 Å². The quantitative estimate of drug-likeness (QED) is 0.0371. The summed E-state index contributed by atoms with van der Waals surface area (Å²) in [4.78, 5) is 0. The molecule has 3 rings (SSSR count). The van der Waals surface area contributed by atoms with E-state index >= 15 is 0 Å². The molecule has 0 aliphatic carbocycles. The molecular formula is C56H94N2Ni. The van der Waals surface area contributed by atoms with E-state index in [0.717, 1.165) is 48.2 Å². The predicted octanol–water partition coefficient (Wildman–Crippen LogP) is 19.7.